The molecule has 0 aromatic rings. The zero-order valence-corrected chi connectivity index (χ0v) is 5.86. The Bertz CT molecular complexity index is 147. The lowest BCUT2D eigenvalue weighted by Gasteiger charge is -1.88. The van der Waals surface area contributed by atoms with Crippen LogP contribution in [0.4, 0.5) is 0 Å². The van der Waals surface area contributed by atoms with Crippen LogP contribution in [-0.4, -0.2) is 11.7 Å². The summed E-state index contributed by atoms with van der Waals surface area (Å²) in [6.07, 6.45) is 3.20. The summed E-state index contributed by atoms with van der Waals surface area (Å²) >= 11 is 5.37. The third-order valence-electron chi connectivity index (χ3n) is 0.703. The first-order valence-electron chi connectivity index (χ1n) is 2.48. The van der Waals surface area contributed by atoms with E-state index in [4.69, 9.17) is 16.7 Å². The van der Waals surface area contributed by atoms with Gasteiger partial charge in [-0.05, 0) is 11.6 Å². The summed E-state index contributed by atoms with van der Waals surface area (Å²) in [6, 6.07) is 0. The molecule has 50 valence electrons. The highest BCUT2D eigenvalue weighted by atomic mass is 35.5. The van der Waals surface area contributed by atoms with Crippen molar-refractivity contribution in [3.63, 3.8) is 0 Å². The molecule has 0 aromatic heterocycles. The Morgan fingerprint density at radius 2 is 2.00 bits per heavy atom. The molecule has 0 aromatic carbocycles. The lowest BCUT2D eigenvalue weighted by atomic mass is 10.3. The molecule has 1 nitrogen and oxygen atoms in total. The van der Waals surface area contributed by atoms with Crippen molar-refractivity contribution >= 4 is 11.6 Å². The molecule has 0 saturated heterocycles. The molecule has 0 unspecified atom stereocenters. The maximum absolute atomic E-state index is 8.42. The molecule has 0 heterocycles. The van der Waals surface area contributed by atoms with E-state index < -0.39 is 0 Å². The van der Waals surface area contributed by atoms with E-state index in [1.54, 1.807) is 12.2 Å². The largest absolute Gasteiger partial charge is 0.392 e. The standard InChI is InChI=1S/C7H9ClO/c1-6(5-9)3-4-7(2)8/h3-4,9H,1-2,5H2/b4-3-. The highest BCUT2D eigenvalue weighted by Crippen LogP contribution is 2.00. The first-order valence-corrected chi connectivity index (χ1v) is 2.85. The maximum atomic E-state index is 8.42. The van der Waals surface area contributed by atoms with Crippen molar-refractivity contribution in [3.05, 3.63) is 35.9 Å². The van der Waals surface area contributed by atoms with E-state index in [9.17, 15) is 0 Å². The highest BCUT2D eigenvalue weighted by molar-refractivity contribution is 6.30. The van der Waals surface area contributed by atoms with Crippen molar-refractivity contribution in [2.45, 2.75) is 0 Å². The molecule has 2 heteroatoms. The average molecular weight is 145 g/mol. The van der Waals surface area contributed by atoms with E-state index in [-0.39, 0.29) is 6.61 Å². The SMILES string of the molecule is C=C(Cl)/C=C\C(=C)CO. The van der Waals surface area contributed by atoms with Gasteiger partial charge in [-0.1, -0.05) is 30.8 Å². The van der Waals surface area contributed by atoms with Crippen LogP contribution in [0.25, 0.3) is 0 Å². The Morgan fingerprint density at radius 3 is 2.33 bits per heavy atom. The van der Waals surface area contributed by atoms with Crippen molar-refractivity contribution in [1.29, 1.82) is 0 Å². The van der Waals surface area contributed by atoms with Gasteiger partial charge in [0.05, 0.1) is 6.61 Å². The molecule has 0 bridgehead atoms. The molecule has 0 atom stereocenters. The molecular weight excluding hydrogens is 136 g/mol. The van der Waals surface area contributed by atoms with Gasteiger partial charge in [-0.2, -0.15) is 0 Å². The molecule has 0 aliphatic rings. The Labute approximate surface area is 60.0 Å². The zero-order valence-electron chi connectivity index (χ0n) is 5.10. The molecular formula is C7H9ClO. The molecule has 0 saturated carbocycles. The predicted octanol–water partition coefficient (Wildman–Crippen LogP) is 1.84. The smallest absolute Gasteiger partial charge is 0.0676 e. The maximum Gasteiger partial charge on any atom is 0.0676 e. The molecule has 0 fully saturated rings. The Hall–Kier alpha value is -0.530. The number of hydrogen-bond acceptors (Lipinski definition) is 1. The second kappa shape index (κ2) is 4.36. The summed E-state index contributed by atoms with van der Waals surface area (Å²) in [5.74, 6) is 0. The number of halogens is 1. The van der Waals surface area contributed by atoms with Crippen LogP contribution in [-0.2, 0) is 0 Å². The molecule has 0 radical (unpaired) electrons. The number of aliphatic hydroxyl groups is 1. The van der Waals surface area contributed by atoms with Gasteiger partial charge in [-0.25, -0.2) is 0 Å². The van der Waals surface area contributed by atoms with Gasteiger partial charge in [0.2, 0.25) is 0 Å². The molecule has 0 amide bonds. The molecule has 0 spiro atoms. The number of allylic oxidation sites excluding steroid dienone is 2. The van der Waals surface area contributed by atoms with Crippen LogP contribution < -0.4 is 0 Å². The van der Waals surface area contributed by atoms with Crippen LogP contribution in [0.5, 0.6) is 0 Å². The molecule has 0 aliphatic carbocycles. The van der Waals surface area contributed by atoms with Gasteiger partial charge < -0.3 is 5.11 Å². The Balaban J connectivity index is 3.71. The van der Waals surface area contributed by atoms with E-state index in [0.29, 0.717) is 10.6 Å². The predicted molar refractivity (Wildman–Crippen MR) is 40.4 cm³/mol. The van der Waals surface area contributed by atoms with Crippen LogP contribution >= 0.6 is 11.6 Å². The highest BCUT2D eigenvalue weighted by Gasteiger charge is 1.81. The van der Waals surface area contributed by atoms with Crippen LogP contribution in [0.2, 0.25) is 0 Å². The number of hydrogen-bond donors (Lipinski definition) is 1. The third-order valence-corrected chi connectivity index (χ3v) is 0.829. The quantitative estimate of drug-likeness (QED) is 0.600. The second-order valence-corrected chi connectivity index (χ2v) is 2.08. The van der Waals surface area contributed by atoms with Crippen LogP contribution in [0.15, 0.2) is 35.9 Å². The van der Waals surface area contributed by atoms with Crippen molar-refractivity contribution < 1.29 is 5.11 Å². The number of aliphatic hydroxyl groups excluding tert-OH is 1. The summed E-state index contributed by atoms with van der Waals surface area (Å²) < 4.78 is 0. The topological polar surface area (TPSA) is 20.2 Å². The van der Waals surface area contributed by atoms with Crippen molar-refractivity contribution in [2.24, 2.45) is 0 Å². The zero-order chi connectivity index (χ0) is 7.28. The van der Waals surface area contributed by atoms with E-state index in [1.807, 2.05) is 0 Å². The summed E-state index contributed by atoms with van der Waals surface area (Å²) in [5, 5.41) is 8.86. The van der Waals surface area contributed by atoms with E-state index in [0.717, 1.165) is 0 Å². The lowest BCUT2D eigenvalue weighted by molar-refractivity contribution is 0.335. The van der Waals surface area contributed by atoms with Crippen molar-refractivity contribution in [2.75, 3.05) is 6.61 Å². The number of rotatable bonds is 3. The van der Waals surface area contributed by atoms with Gasteiger partial charge in [-0.15, -0.1) is 0 Å². The molecule has 9 heavy (non-hydrogen) atoms. The second-order valence-electron chi connectivity index (χ2n) is 1.60. The molecule has 0 aliphatic heterocycles. The van der Waals surface area contributed by atoms with Gasteiger partial charge in [0, 0.05) is 5.03 Å². The van der Waals surface area contributed by atoms with Crippen LogP contribution in [0, 0.1) is 0 Å². The normalized spacial score (nSPS) is 10.0. The minimum Gasteiger partial charge on any atom is -0.392 e. The molecule has 0 rings (SSSR count). The van der Waals surface area contributed by atoms with E-state index in [2.05, 4.69) is 13.2 Å². The average Bonchev–Trinajstić information content (AvgIpc) is 1.83. The van der Waals surface area contributed by atoms with Crippen molar-refractivity contribution in [1.82, 2.24) is 0 Å². The third kappa shape index (κ3) is 5.34. The van der Waals surface area contributed by atoms with Gasteiger partial charge in [0.1, 0.15) is 0 Å². The fourth-order valence-electron chi connectivity index (χ4n) is 0.261. The fourth-order valence-corrected chi connectivity index (χ4v) is 0.324. The first kappa shape index (κ1) is 8.47. The summed E-state index contributed by atoms with van der Waals surface area (Å²) in [6.45, 7) is 6.88. The van der Waals surface area contributed by atoms with Crippen molar-refractivity contribution in [3.8, 4) is 0 Å². The van der Waals surface area contributed by atoms with Gasteiger partial charge >= 0.3 is 0 Å². The van der Waals surface area contributed by atoms with E-state index in [1.165, 1.54) is 0 Å². The van der Waals surface area contributed by atoms with E-state index >= 15 is 0 Å². The minimum atomic E-state index is -0.0410. The fraction of sp³-hybridized carbons (Fsp3) is 0.143. The Kier molecular flexibility index (Phi) is 4.10. The van der Waals surface area contributed by atoms with Crippen LogP contribution in [0.3, 0.4) is 0 Å². The van der Waals surface area contributed by atoms with Gasteiger partial charge in [0.25, 0.3) is 0 Å². The van der Waals surface area contributed by atoms with Crippen LogP contribution in [0.1, 0.15) is 0 Å². The minimum absolute atomic E-state index is 0.0410. The first-order chi connectivity index (χ1) is 4.16. The summed E-state index contributed by atoms with van der Waals surface area (Å²) in [5.41, 5.74) is 0.622. The van der Waals surface area contributed by atoms with Gasteiger partial charge in [0.15, 0.2) is 0 Å². The summed E-state index contributed by atoms with van der Waals surface area (Å²) in [4.78, 5) is 0. The monoisotopic (exact) mass is 144 g/mol. The molecule has 1 N–H and O–H groups in total. The van der Waals surface area contributed by atoms with Gasteiger partial charge in [-0.3, -0.25) is 0 Å². The summed E-state index contributed by atoms with van der Waals surface area (Å²) in [7, 11) is 0. The Morgan fingerprint density at radius 1 is 1.44 bits per heavy atom. The lowest BCUT2D eigenvalue weighted by Crippen LogP contribution is -1.81.